The third kappa shape index (κ3) is 59.8. The van der Waals surface area contributed by atoms with Crippen molar-refractivity contribution in [3.63, 3.8) is 0 Å². The second-order valence-electron chi connectivity index (χ2n) is 19.1. The van der Waals surface area contributed by atoms with Crippen molar-refractivity contribution in [2.24, 2.45) is 0 Å². The summed E-state index contributed by atoms with van der Waals surface area (Å²) < 4.78 is 16.8. The molecule has 0 saturated heterocycles. The molecule has 0 aromatic heterocycles. The monoisotopic (exact) mass is 1030 g/mol. The van der Waals surface area contributed by atoms with Crippen molar-refractivity contribution in [2.75, 3.05) is 13.2 Å². The van der Waals surface area contributed by atoms with Crippen molar-refractivity contribution in [2.45, 2.75) is 245 Å². The molecule has 1 unspecified atom stereocenters. The second-order valence-corrected chi connectivity index (χ2v) is 19.1. The molecular weight excluding hydrogens is 925 g/mol. The quantitative estimate of drug-likeness (QED) is 0.0261. The molecule has 6 heteroatoms. The van der Waals surface area contributed by atoms with Gasteiger partial charge in [0.05, 0.1) is 0 Å². The van der Waals surface area contributed by atoms with Crippen LogP contribution in [-0.2, 0) is 28.6 Å². The highest BCUT2D eigenvalue weighted by atomic mass is 16.6. The van der Waals surface area contributed by atoms with E-state index in [0.717, 1.165) is 173 Å². The van der Waals surface area contributed by atoms with E-state index in [1.807, 2.05) is 0 Å². The number of hydrogen-bond donors (Lipinski definition) is 0. The third-order valence-electron chi connectivity index (χ3n) is 12.0. The van der Waals surface area contributed by atoms with Crippen LogP contribution in [0.15, 0.2) is 158 Å². The summed E-state index contributed by atoms with van der Waals surface area (Å²) in [5.74, 6) is -0.974. The molecule has 0 heterocycles. The van der Waals surface area contributed by atoms with Gasteiger partial charge in [0.15, 0.2) is 6.10 Å². The molecule has 420 valence electrons. The average molecular weight is 1030 g/mol. The Labute approximate surface area is 460 Å². The van der Waals surface area contributed by atoms with Gasteiger partial charge in [0.1, 0.15) is 13.2 Å². The maximum atomic E-state index is 12.8. The highest BCUT2D eigenvalue weighted by molar-refractivity contribution is 5.71. The maximum absolute atomic E-state index is 12.8. The Bertz CT molecular complexity index is 1710. The van der Waals surface area contributed by atoms with E-state index in [1.54, 1.807) is 0 Å². The summed E-state index contributed by atoms with van der Waals surface area (Å²) in [5, 5.41) is 0. The van der Waals surface area contributed by atoms with Gasteiger partial charge in [-0.05, 0) is 141 Å². The second kappa shape index (κ2) is 61.6. The van der Waals surface area contributed by atoms with Gasteiger partial charge in [-0.3, -0.25) is 14.4 Å². The summed E-state index contributed by atoms with van der Waals surface area (Å²) in [7, 11) is 0. The molecule has 1 atom stereocenters. The molecular formula is C69H108O6. The molecule has 0 spiro atoms. The Morgan fingerprint density at radius 1 is 0.280 bits per heavy atom. The lowest BCUT2D eigenvalue weighted by atomic mass is 10.1. The zero-order valence-corrected chi connectivity index (χ0v) is 48.0. The van der Waals surface area contributed by atoms with Gasteiger partial charge in [0.25, 0.3) is 0 Å². The van der Waals surface area contributed by atoms with Crippen LogP contribution in [0.3, 0.4) is 0 Å². The Morgan fingerprint density at radius 2 is 0.520 bits per heavy atom. The summed E-state index contributed by atoms with van der Waals surface area (Å²) in [6, 6.07) is 0. The summed E-state index contributed by atoms with van der Waals surface area (Å²) in [6.45, 7) is 6.30. The number of allylic oxidation sites excluding steroid dienone is 26. The van der Waals surface area contributed by atoms with Gasteiger partial charge >= 0.3 is 17.9 Å². The van der Waals surface area contributed by atoms with Gasteiger partial charge in [-0.15, -0.1) is 0 Å². The summed E-state index contributed by atoms with van der Waals surface area (Å²) in [5.41, 5.74) is 0. The van der Waals surface area contributed by atoms with Crippen LogP contribution >= 0.6 is 0 Å². The van der Waals surface area contributed by atoms with Crippen LogP contribution in [-0.4, -0.2) is 37.2 Å². The highest BCUT2D eigenvalue weighted by Crippen LogP contribution is 2.13. The van der Waals surface area contributed by atoms with E-state index in [-0.39, 0.29) is 37.5 Å². The number of rotatable bonds is 52. The van der Waals surface area contributed by atoms with Crippen LogP contribution in [0, 0.1) is 0 Å². The minimum atomic E-state index is -0.811. The van der Waals surface area contributed by atoms with Crippen molar-refractivity contribution in [1.29, 1.82) is 0 Å². The number of esters is 3. The van der Waals surface area contributed by atoms with E-state index in [9.17, 15) is 14.4 Å². The molecule has 0 rings (SSSR count). The average Bonchev–Trinajstić information content (AvgIpc) is 3.41. The first kappa shape index (κ1) is 70.0. The van der Waals surface area contributed by atoms with Crippen molar-refractivity contribution in [1.82, 2.24) is 0 Å². The summed E-state index contributed by atoms with van der Waals surface area (Å²) in [6.07, 6.45) is 89.7. The lowest BCUT2D eigenvalue weighted by molar-refractivity contribution is -0.167. The van der Waals surface area contributed by atoms with E-state index in [4.69, 9.17) is 14.2 Å². The maximum Gasteiger partial charge on any atom is 0.306 e. The van der Waals surface area contributed by atoms with Gasteiger partial charge in [0.2, 0.25) is 0 Å². The predicted molar refractivity (Wildman–Crippen MR) is 325 cm³/mol. The van der Waals surface area contributed by atoms with E-state index < -0.39 is 6.10 Å². The molecule has 0 bridgehead atoms. The first-order chi connectivity index (χ1) is 37.0. The van der Waals surface area contributed by atoms with Gasteiger partial charge in [-0.1, -0.05) is 237 Å². The zero-order chi connectivity index (χ0) is 54.3. The molecule has 0 aliphatic carbocycles. The van der Waals surface area contributed by atoms with Crippen LogP contribution in [0.4, 0.5) is 0 Å². The van der Waals surface area contributed by atoms with Crippen LogP contribution < -0.4 is 0 Å². The minimum absolute atomic E-state index is 0.106. The van der Waals surface area contributed by atoms with E-state index in [0.29, 0.717) is 12.8 Å². The molecule has 0 aliphatic heterocycles. The fourth-order valence-electron chi connectivity index (χ4n) is 7.55. The topological polar surface area (TPSA) is 78.9 Å². The van der Waals surface area contributed by atoms with Crippen LogP contribution in [0.2, 0.25) is 0 Å². The Hall–Kier alpha value is -4.97. The SMILES string of the molecule is CC/C=C\C/C=C\C/C=C\C/C=C\C/C=C\C/C=C\C/C=C\C/C=C\C/C=C\CCCCCCCC(=O)OCC(COC(=O)CCCCCCC/C=C\CCCC)OC(=O)CCCCC/C=C\C/C=C\C/C=C\CC. The number of carbonyl (C=O) groups is 3. The minimum Gasteiger partial charge on any atom is -0.462 e. The number of carbonyl (C=O) groups excluding carboxylic acids is 3. The number of hydrogen-bond acceptors (Lipinski definition) is 6. The van der Waals surface area contributed by atoms with Gasteiger partial charge in [-0.2, -0.15) is 0 Å². The smallest absolute Gasteiger partial charge is 0.306 e. The number of unbranched alkanes of at least 4 members (excludes halogenated alkanes) is 15. The Kier molecular flexibility index (Phi) is 57.5. The fraction of sp³-hybridized carbons (Fsp3) is 0.580. The molecule has 0 fully saturated rings. The Balaban J connectivity index is 4.30. The standard InChI is InChI=1S/C69H108O6/c1-4-7-10-13-16-19-22-24-25-26-27-28-29-30-31-32-33-34-35-36-37-38-39-40-41-42-43-45-47-50-53-56-59-62-68(71)74-65-66(64-73-67(70)61-58-55-52-49-46-21-18-15-12-9-6-3)75-69(72)63-60-57-54-51-48-44-23-20-17-14-11-8-5-2/h7-8,10-11,15-20,24-25,27-28,30-31,33-34,36-37,39-40,42-44,48,66H,4-6,9,12-14,21-23,26,29,32,35,38,41,45-47,49-65H2,1-3H3/b10-7-,11-8-,18-15-,19-16-,20-17-,25-24-,28-27-,31-30-,34-33-,37-36-,40-39-,43-42-,48-44-. The lowest BCUT2D eigenvalue weighted by Gasteiger charge is -2.18. The molecule has 0 N–H and O–H groups in total. The fourth-order valence-corrected chi connectivity index (χ4v) is 7.55. The lowest BCUT2D eigenvalue weighted by Crippen LogP contribution is -2.30. The predicted octanol–water partition coefficient (Wildman–Crippen LogP) is 20.5. The van der Waals surface area contributed by atoms with Crippen LogP contribution in [0.5, 0.6) is 0 Å². The van der Waals surface area contributed by atoms with Gasteiger partial charge < -0.3 is 14.2 Å². The summed E-state index contributed by atoms with van der Waals surface area (Å²) in [4.78, 5) is 38.1. The van der Waals surface area contributed by atoms with E-state index >= 15 is 0 Å². The first-order valence-electron chi connectivity index (χ1n) is 30.0. The normalized spacial score (nSPS) is 13.3. The number of ether oxygens (including phenoxy) is 3. The third-order valence-corrected chi connectivity index (χ3v) is 12.0. The zero-order valence-electron chi connectivity index (χ0n) is 48.0. The van der Waals surface area contributed by atoms with Crippen LogP contribution in [0.25, 0.3) is 0 Å². The van der Waals surface area contributed by atoms with Crippen LogP contribution in [0.1, 0.15) is 239 Å². The van der Waals surface area contributed by atoms with Crippen molar-refractivity contribution >= 4 is 17.9 Å². The molecule has 0 radical (unpaired) electrons. The molecule has 0 aliphatic rings. The highest BCUT2D eigenvalue weighted by Gasteiger charge is 2.19. The molecule has 0 aromatic carbocycles. The molecule has 6 nitrogen and oxygen atoms in total. The Morgan fingerprint density at radius 3 is 0.840 bits per heavy atom. The van der Waals surface area contributed by atoms with E-state index in [1.165, 1.54) is 25.7 Å². The molecule has 0 saturated carbocycles. The first-order valence-corrected chi connectivity index (χ1v) is 30.0. The molecule has 0 amide bonds. The van der Waals surface area contributed by atoms with E-state index in [2.05, 4.69) is 179 Å². The molecule has 0 aromatic rings. The summed E-state index contributed by atoms with van der Waals surface area (Å²) >= 11 is 0. The largest absolute Gasteiger partial charge is 0.462 e. The molecule has 75 heavy (non-hydrogen) atoms. The van der Waals surface area contributed by atoms with Gasteiger partial charge in [-0.25, -0.2) is 0 Å². The van der Waals surface area contributed by atoms with Crippen molar-refractivity contribution in [3.05, 3.63) is 158 Å². The van der Waals surface area contributed by atoms with Gasteiger partial charge in [0, 0.05) is 19.3 Å². The van der Waals surface area contributed by atoms with Crippen molar-refractivity contribution < 1.29 is 28.6 Å². The van der Waals surface area contributed by atoms with Crippen molar-refractivity contribution in [3.8, 4) is 0 Å².